The van der Waals surface area contributed by atoms with Crippen LogP contribution in [0, 0.1) is 6.92 Å². The van der Waals surface area contributed by atoms with Gasteiger partial charge in [0.15, 0.2) is 0 Å². The quantitative estimate of drug-likeness (QED) is 0.312. The summed E-state index contributed by atoms with van der Waals surface area (Å²) in [6.45, 7) is 11.2. The van der Waals surface area contributed by atoms with Crippen molar-refractivity contribution in [3.05, 3.63) is 66.2 Å². The summed E-state index contributed by atoms with van der Waals surface area (Å²) in [4.78, 5) is 11.3. The molecule has 1 aliphatic heterocycles. The number of aromatic nitrogens is 2. The number of benzene rings is 3. The lowest BCUT2D eigenvalue weighted by atomic mass is 10.0. The Labute approximate surface area is 207 Å². The first-order chi connectivity index (χ1) is 16.4. The fourth-order valence-corrected chi connectivity index (χ4v) is 5.39. The third kappa shape index (κ3) is 4.35. The molecule has 4 nitrogen and oxygen atoms in total. The molecule has 3 aromatic carbocycles. The lowest BCUT2D eigenvalue weighted by Gasteiger charge is -2.38. The van der Waals surface area contributed by atoms with Crippen LogP contribution < -0.4 is 4.90 Å². The van der Waals surface area contributed by atoms with Gasteiger partial charge in [-0.05, 0) is 80.1 Å². The van der Waals surface area contributed by atoms with E-state index in [1.165, 1.54) is 32.8 Å². The van der Waals surface area contributed by atoms with Crippen molar-refractivity contribution >= 4 is 28.5 Å². The number of nitrogens with zero attached hydrogens (tertiary/aromatic N) is 4. The van der Waals surface area contributed by atoms with Crippen molar-refractivity contribution in [1.82, 2.24) is 14.5 Å². The number of hydrogen-bond acceptors (Lipinski definition) is 4. The van der Waals surface area contributed by atoms with E-state index in [0.29, 0.717) is 6.04 Å². The predicted molar refractivity (Wildman–Crippen MR) is 147 cm³/mol. The second-order valence-electron chi connectivity index (χ2n) is 9.55. The molecule has 4 aromatic rings. The summed E-state index contributed by atoms with van der Waals surface area (Å²) < 4.78 is 2.22. The molecule has 1 aromatic heterocycles. The van der Waals surface area contributed by atoms with Gasteiger partial charge in [0.1, 0.15) is 5.82 Å². The van der Waals surface area contributed by atoms with Crippen LogP contribution in [0.4, 0.5) is 5.69 Å². The van der Waals surface area contributed by atoms with E-state index in [2.05, 4.69) is 109 Å². The molecule has 34 heavy (non-hydrogen) atoms. The zero-order valence-electron chi connectivity index (χ0n) is 20.9. The number of fused-ring (bicyclic) bond motifs is 1. The third-order valence-electron chi connectivity index (χ3n) is 7.14. The van der Waals surface area contributed by atoms with Crippen molar-refractivity contribution in [3.8, 4) is 22.5 Å². The maximum Gasteiger partial charge on any atom is 0.140 e. The van der Waals surface area contributed by atoms with Crippen molar-refractivity contribution in [3.63, 3.8) is 0 Å². The molecule has 2 heterocycles. The smallest absolute Gasteiger partial charge is 0.140 e. The van der Waals surface area contributed by atoms with Crippen LogP contribution in [0.3, 0.4) is 0 Å². The molecule has 5 rings (SSSR count). The molecule has 1 fully saturated rings. The summed E-state index contributed by atoms with van der Waals surface area (Å²) in [7, 11) is 2.12. The molecule has 0 spiro atoms. The number of imidazole rings is 1. The summed E-state index contributed by atoms with van der Waals surface area (Å²) >= 11 is 1.76. The zero-order valence-corrected chi connectivity index (χ0v) is 21.7. The van der Waals surface area contributed by atoms with Crippen molar-refractivity contribution in [2.75, 3.05) is 37.3 Å². The van der Waals surface area contributed by atoms with Gasteiger partial charge in [-0.25, -0.2) is 4.98 Å². The number of piperazine rings is 1. The molecule has 0 saturated carbocycles. The van der Waals surface area contributed by atoms with Crippen LogP contribution in [0.1, 0.15) is 19.4 Å². The Morgan fingerprint density at radius 1 is 0.824 bits per heavy atom. The Hall–Kier alpha value is -2.76. The highest BCUT2D eigenvalue weighted by atomic mass is 32.2. The highest BCUT2D eigenvalue weighted by Gasteiger charge is 2.19. The minimum Gasteiger partial charge on any atom is -0.369 e. The van der Waals surface area contributed by atoms with Crippen molar-refractivity contribution in [1.29, 1.82) is 0 Å². The topological polar surface area (TPSA) is 24.3 Å². The molecule has 0 aliphatic carbocycles. The highest BCUT2D eigenvalue weighted by Crippen LogP contribution is 2.32. The molecule has 0 N–H and O–H groups in total. The van der Waals surface area contributed by atoms with Gasteiger partial charge in [0.25, 0.3) is 0 Å². The number of hydrogen-bond donors (Lipinski definition) is 0. The van der Waals surface area contributed by atoms with Crippen LogP contribution in [-0.2, 0) is 7.05 Å². The molecule has 0 atom stereocenters. The van der Waals surface area contributed by atoms with E-state index in [4.69, 9.17) is 4.98 Å². The summed E-state index contributed by atoms with van der Waals surface area (Å²) in [5, 5.41) is 0. The van der Waals surface area contributed by atoms with E-state index >= 15 is 0 Å². The van der Waals surface area contributed by atoms with Gasteiger partial charge in [0.05, 0.1) is 11.0 Å². The standard InChI is InChI=1S/C29H34N4S/c1-20(2)32-14-16-33(17-15-32)25-10-6-22(7-11-25)24-18-21(3)28-27(19-24)31(4)29(30-28)23-8-12-26(34-5)13-9-23/h6-13,18-20H,14-17H2,1-5H3. The number of anilines is 1. The lowest BCUT2D eigenvalue weighted by Crippen LogP contribution is -2.48. The first-order valence-corrected chi connectivity index (χ1v) is 13.4. The van der Waals surface area contributed by atoms with Gasteiger partial charge in [-0.1, -0.05) is 24.3 Å². The number of aryl methyl sites for hydroxylation is 2. The van der Waals surface area contributed by atoms with E-state index in [1.807, 2.05) is 0 Å². The highest BCUT2D eigenvalue weighted by molar-refractivity contribution is 7.98. The van der Waals surface area contributed by atoms with Gasteiger partial charge < -0.3 is 9.47 Å². The Bertz CT molecular complexity index is 1280. The van der Waals surface area contributed by atoms with Gasteiger partial charge in [-0.3, -0.25) is 4.90 Å². The maximum atomic E-state index is 5.01. The maximum absolute atomic E-state index is 5.01. The van der Waals surface area contributed by atoms with Gasteiger partial charge in [-0.15, -0.1) is 11.8 Å². The first-order valence-electron chi connectivity index (χ1n) is 12.2. The molecular formula is C29H34N4S. The summed E-state index contributed by atoms with van der Waals surface area (Å²) in [5.41, 5.74) is 8.43. The Balaban J connectivity index is 1.42. The minimum absolute atomic E-state index is 0.630. The van der Waals surface area contributed by atoms with E-state index in [0.717, 1.165) is 43.1 Å². The van der Waals surface area contributed by atoms with E-state index in [9.17, 15) is 0 Å². The van der Waals surface area contributed by atoms with Crippen molar-refractivity contribution in [2.45, 2.75) is 31.7 Å². The summed E-state index contributed by atoms with van der Waals surface area (Å²) in [6, 6.07) is 23.0. The molecule has 0 bridgehead atoms. The van der Waals surface area contributed by atoms with E-state index < -0.39 is 0 Å². The summed E-state index contributed by atoms with van der Waals surface area (Å²) in [6.07, 6.45) is 2.11. The average molecular weight is 471 g/mol. The van der Waals surface area contributed by atoms with Gasteiger partial charge in [-0.2, -0.15) is 0 Å². The van der Waals surface area contributed by atoms with Crippen LogP contribution in [0.2, 0.25) is 0 Å². The normalized spacial score (nSPS) is 14.9. The third-order valence-corrected chi connectivity index (χ3v) is 7.88. The Morgan fingerprint density at radius 3 is 2.09 bits per heavy atom. The average Bonchev–Trinajstić information content (AvgIpc) is 3.21. The van der Waals surface area contributed by atoms with Crippen molar-refractivity contribution < 1.29 is 0 Å². The Morgan fingerprint density at radius 2 is 1.47 bits per heavy atom. The molecule has 176 valence electrons. The van der Waals surface area contributed by atoms with Gasteiger partial charge in [0, 0.05) is 55.4 Å². The molecule has 5 heteroatoms. The molecular weight excluding hydrogens is 436 g/mol. The molecule has 0 unspecified atom stereocenters. The minimum atomic E-state index is 0.630. The zero-order chi connectivity index (χ0) is 23.8. The van der Waals surface area contributed by atoms with Crippen molar-refractivity contribution in [2.24, 2.45) is 7.05 Å². The molecule has 1 saturated heterocycles. The molecule has 1 aliphatic rings. The van der Waals surface area contributed by atoms with Crippen LogP contribution in [-0.4, -0.2) is 52.9 Å². The fourth-order valence-electron chi connectivity index (χ4n) is 4.98. The second kappa shape index (κ2) is 9.47. The monoisotopic (exact) mass is 470 g/mol. The molecule has 0 radical (unpaired) electrons. The van der Waals surface area contributed by atoms with E-state index in [-0.39, 0.29) is 0 Å². The first kappa shape index (κ1) is 23.0. The lowest BCUT2D eigenvalue weighted by molar-refractivity contribution is 0.209. The predicted octanol–water partition coefficient (Wildman–Crippen LogP) is 6.47. The van der Waals surface area contributed by atoms with E-state index in [1.54, 1.807) is 11.8 Å². The number of rotatable bonds is 5. The molecule has 0 amide bonds. The summed E-state index contributed by atoms with van der Waals surface area (Å²) in [5.74, 6) is 1.01. The van der Waals surface area contributed by atoms with Crippen LogP contribution in [0.15, 0.2) is 65.6 Å². The SMILES string of the molecule is CSc1ccc(-c2nc3c(C)cc(-c4ccc(N5CCN(C(C)C)CC5)cc4)cc3n2C)cc1. The van der Waals surface area contributed by atoms with Gasteiger partial charge in [0.2, 0.25) is 0 Å². The largest absolute Gasteiger partial charge is 0.369 e. The van der Waals surface area contributed by atoms with Crippen LogP contribution in [0.25, 0.3) is 33.5 Å². The number of thioether (sulfide) groups is 1. The van der Waals surface area contributed by atoms with Gasteiger partial charge >= 0.3 is 0 Å². The second-order valence-corrected chi connectivity index (χ2v) is 10.4. The fraction of sp³-hybridized carbons (Fsp3) is 0.345. The van der Waals surface area contributed by atoms with Crippen LogP contribution in [0.5, 0.6) is 0 Å². The Kier molecular flexibility index (Phi) is 6.41. The van der Waals surface area contributed by atoms with Crippen LogP contribution >= 0.6 is 11.8 Å².